The summed E-state index contributed by atoms with van der Waals surface area (Å²) in [7, 11) is 0. The molecule has 1 aliphatic rings. The number of thiazole rings is 1. The molecule has 2 aromatic rings. The third-order valence-electron chi connectivity index (χ3n) is 3.65. The molecular weight excluding hydrogens is 288 g/mol. The lowest BCUT2D eigenvalue weighted by atomic mass is 10.2. The number of rotatable bonds is 6. The topological polar surface area (TPSA) is 79.3 Å². The smallest absolute Gasteiger partial charge is 0.307 e. The Morgan fingerprint density at radius 1 is 1.33 bits per heavy atom. The molecule has 21 heavy (non-hydrogen) atoms. The number of para-hydroxylation sites is 1. The second-order valence-corrected chi connectivity index (χ2v) is 6.37. The summed E-state index contributed by atoms with van der Waals surface area (Å²) in [5.74, 6) is -1.81. The molecular formula is C15H16N2O3S. The fraction of sp³-hybridized carbons (Fsp3) is 0.400. The first kappa shape index (κ1) is 14.0. The predicted molar refractivity (Wildman–Crippen MR) is 80.2 cm³/mol. The minimum Gasteiger partial charge on any atom is -0.481 e. The Morgan fingerprint density at radius 3 is 2.86 bits per heavy atom. The van der Waals surface area contributed by atoms with Crippen LogP contribution in [-0.4, -0.2) is 28.5 Å². The van der Waals surface area contributed by atoms with E-state index in [9.17, 15) is 9.59 Å². The minimum atomic E-state index is -0.871. The number of aromatic nitrogens is 1. The first-order valence-electron chi connectivity index (χ1n) is 7.00. The zero-order valence-electron chi connectivity index (χ0n) is 11.4. The van der Waals surface area contributed by atoms with Crippen molar-refractivity contribution in [3.63, 3.8) is 0 Å². The summed E-state index contributed by atoms with van der Waals surface area (Å²) < 4.78 is 1.18. The van der Waals surface area contributed by atoms with Gasteiger partial charge in [-0.2, -0.15) is 0 Å². The molecule has 2 N–H and O–H groups in total. The second kappa shape index (κ2) is 5.81. The van der Waals surface area contributed by atoms with Crippen LogP contribution in [0.2, 0.25) is 0 Å². The van der Waals surface area contributed by atoms with Gasteiger partial charge in [0.2, 0.25) is 5.91 Å². The molecule has 1 saturated carbocycles. The van der Waals surface area contributed by atoms with Gasteiger partial charge < -0.3 is 10.4 Å². The van der Waals surface area contributed by atoms with Crippen LogP contribution >= 0.6 is 11.3 Å². The lowest BCUT2D eigenvalue weighted by Crippen LogP contribution is -2.27. The van der Waals surface area contributed by atoms with E-state index in [0.29, 0.717) is 13.0 Å². The molecule has 1 fully saturated rings. The maximum absolute atomic E-state index is 11.7. The van der Waals surface area contributed by atoms with Gasteiger partial charge in [0.05, 0.1) is 27.1 Å². The highest BCUT2D eigenvalue weighted by atomic mass is 32.1. The van der Waals surface area contributed by atoms with Crippen molar-refractivity contribution in [3.05, 3.63) is 29.3 Å². The van der Waals surface area contributed by atoms with E-state index in [-0.39, 0.29) is 11.8 Å². The van der Waals surface area contributed by atoms with E-state index in [1.165, 1.54) is 4.70 Å². The van der Waals surface area contributed by atoms with Crippen molar-refractivity contribution in [2.45, 2.75) is 19.3 Å². The number of nitrogens with zero attached hydrogens (tertiary/aromatic N) is 1. The van der Waals surface area contributed by atoms with Gasteiger partial charge in [0.25, 0.3) is 0 Å². The number of hydrogen-bond donors (Lipinski definition) is 2. The highest BCUT2D eigenvalue weighted by Gasteiger charge is 2.48. The summed E-state index contributed by atoms with van der Waals surface area (Å²) in [5.41, 5.74) is 1.02. The standard InChI is InChI=1S/C15H16N2O3S/c18-14(9-8-10(9)15(19)20)16-7-3-6-13-17-11-4-1-2-5-12(11)21-13/h1-2,4-5,9-10H,3,6-8H2,(H,16,18)(H,19,20)/t9-,10+/m1/s1. The Balaban J connectivity index is 1.42. The second-order valence-electron chi connectivity index (χ2n) is 5.26. The normalized spacial score (nSPS) is 20.4. The van der Waals surface area contributed by atoms with Gasteiger partial charge in [-0.3, -0.25) is 9.59 Å². The first-order valence-corrected chi connectivity index (χ1v) is 7.82. The van der Waals surface area contributed by atoms with E-state index in [1.54, 1.807) is 11.3 Å². The predicted octanol–water partition coefficient (Wildman–Crippen LogP) is 2.07. The van der Waals surface area contributed by atoms with Gasteiger partial charge in [0.1, 0.15) is 0 Å². The molecule has 0 saturated heterocycles. The maximum atomic E-state index is 11.7. The quantitative estimate of drug-likeness (QED) is 0.801. The van der Waals surface area contributed by atoms with Crippen molar-refractivity contribution in [3.8, 4) is 0 Å². The summed E-state index contributed by atoms with van der Waals surface area (Å²) in [6.07, 6.45) is 2.11. The van der Waals surface area contributed by atoms with Crippen LogP contribution < -0.4 is 5.32 Å². The van der Waals surface area contributed by atoms with Gasteiger partial charge in [0, 0.05) is 13.0 Å². The minimum absolute atomic E-state index is 0.133. The number of carbonyl (C=O) groups excluding carboxylic acids is 1. The highest BCUT2D eigenvalue weighted by molar-refractivity contribution is 7.18. The number of amides is 1. The number of fused-ring (bicyclic) bond motifs is 1. The van der Waals surface area contributed by atoms with Gasteiger partial charge in [-0.1, -0.05) is 12.1 Å². The van der Waals surface area contributed by atoms with E-state index in [4.69, 9.17) is 5.11 Å². The zero-order valence-corrected chi connectivity index (χ0v) is 12.2. The molecule has 3 rings (SSSR count). The van der Waals surface area contributed by atoms with Gasteiger partial charge in [-0.15, -0.1) is 11.3 Å². The molecule has 1 heterocycles. The summed E-state index contributed by atoms with van der Waals surface area (Å²) in [4.78, 5) is 26.9. The first-order chi connectivity index (χ1) is 10.1. The Morgan fingerprint density at radius 2 is 2.14 bits per heavy atom. The van der Waals surface area contributed by atoms with Crippen molar-refractivity contribution in [2.75, 3.05) is 6.54 Å². The molecule has 1 aromatic carbocycles. The van der Waals surface area contributed by atoms with Crippen LogP contribution in [0.3, 0.4) is 0 Å². The number of aliphatic carboxylic acids is 1. The summed E-state index contributed by atoms with van der Waals surface area (Å²) in [6.45, 7) is 0.567. The highest BCUT2D eigenvalue weighted by Crippen LogP contribution is 2.38. The zero-order chi connectivity index (χ0) is 14.8. The van der Waals surface area contributed by atoms with E-state index in [1.807, 2.05) is 18.2 Å². The number of aryl methyl sites for hydroxylation is 1. The summed E-state index contributed by atoms with van der Waals surface area (Å²) >= 11 is 1.68. The third-order valence-corrected chi connectivity index (χ3v) is 4.75. The van der Waals surface area contributed by atoms with E-state index in [2.05, 4.69) is 16.4 Å². The number of benzene rings is 1. The Hall–Kier alpha value is -1.95. The van der Waals surface area contributed by atoms with Gasteiger partial charge in [-0.25, -0.2) is 4.98 Å². The number of carboxylic acid groups (broad SMARTS) is 1. The van der Waals surface area contributed by atoms with E-state index < -0.39 is 11.9 Å². The molecule has 0 aliphatic heterocycles. The molecule has 0 unspecified atom stereocenters. The Labute approximate surface area is 126 Å². The molecule has 1 aliphatic carbocycles. The fourth-order valence-corrected chi connectivity index (χ4v) is 3.38. The van der Waals surface area contributed by atoms with Crippen molar-refractivity contribution in [1.82, 2.24) is 10.3 Å². The average molecular weight is 304 g/mol. The van der Waals surface area contributed by atoms with Crippen molar-refractivity contribution in [1.29, 1.82) is 0 Å². The number of carbonyl (C=O) groups is 2. The average Bonchev–Trinajstić information content (AvgIpc) is 3.17. The fourth-order valence-electron chi connectivity index (χ4n) is 2.37. The maximum Gasteiger partial charge on any atom is 0.307 e. The van der Waals surface area contributed by atoms with Crippen LogP contribution in [0.4, 0.5) is 0 Å². The molecule has 0 bridgehead atoms. The van der Waals surface area contributed by atoms with Crippen LogP contribution in [0.1, 0.15) is 17.8 Å². The van der Waals surface area contributed by atoms with Crippen molar-refractivity contribution >= 4 is 33.4 Å². The van der Waals surface area contributed by atoms with Gasteiger partial charge >= 0.3 is 5.97 Å². The number of nitrogens with one attached hydrogen (secondary N) is 1. The molecule has 1 aromatic heterocycles. The molecule has 110 valence electrons. The molecule has 1 amide bonds. The van der Waals surface area contributed by atoms with Gasteiger partial charge in [-0.05, 0) is 25.0 Å². The lowest BCUT2D eigenvalue weighted by molar-refractivity contribution is -0.140. The van der Waals surface area contributed by atoms with Gasteiger partial charge in [0.15, 0.2) is 0 Å². The van der Waals surface area contributed by atoms with Crippen molar-refractivity contribution < 1.29 is 14.7 Å². The Bertz CT molecular complexity index is 649. The monoisotopic (exact) mass is 304 g/mol. The van der Waals surface area contributed by atoms with Crippen LogP contribution in [0.5, 0.6) is 0 Å². The SMILES string of the molecule is O=C(O)[C@H]1C[C@H]1C(=O)NCCCc1nc2ccccc2s1. The lowest BCUT2D eigenvalue weighted by Gasteiger charge is -2.02. The number of carboxylic acids is 1. The van der Waals surface area contributed by atoms with Crippen LogP contribution in [0.15, 0.2) is 24.3 Å². The number of hydrogen-bond acceptors (Lipinski definition) is 4. The molecule has 0 radical (unpaired) electrons. The third kappa shape index (κ3) is 3.21. The molecule has 2 atom stereocenters. The summed E-state index contributed by atoms with van der Waals surface area (Å²) in [5, 5.41) is 12.7. The largest absolute Gasteiger partial charge is 0.481 e. The molecule has 5 nitrogen and oxygen atoms in total. The van der Waals surface area contributed by atoms with Crippen LogP contribution in [0, 0.1) is 11.8 Å². The van der Waals surface area contributed by atoms with Crippen LogP contribution in [-0.2, 0) is 16.0 Å². The van der Waals surface area contributed by atoms with E-state index in [0.717, 1.165) is 23.4 Å². The molecule has 0 spiro atoms. The summed E-state index contributed by atoms with van der Waals surface area (Å²) in [6, 6.07) is 8.02. The molecule has 6 heteroatoms. The van der Waals surface area contributed by atoms with Crippen molar-refractivity contribution in [2.24, 2.45) is 11.8 Å². The van der Waals surface area contributed by atoms with Crippen LogP contribution in [0.25, 0.3) is 10.2 Å². The van der Waals surface area contributed by atoms with E-state index >= 15 is 0 Å². The Kier molecular flexibility index (Phi) is 3.88.